The van der Waals surface area contributed by atoms with Gasteiger partial charge in [0.05, 0.1) is 23.8 Å². The number of aromatic amines is 1. The lowest BCUT2D eigenvalue weighted by Gasteiger charge is -2.09. The van der Waals surface area contributed by atoms with E-state index in [1.165, 1.54) is 4.52 Å². The van der Waals surface area contributed by atoms with Gasteiger partial charge in [0.1, 0.15) is 11.3 Å². The lowest BCUT2D eigenvalue weighted by Crippen LogP contribution is -2.19. The van der Waals surface area contributed by atoms with Gasteiger partial charge in [0, 0.05) is 35.1 Å². The molecule has 0 saturated carbocycles. The molecular weight excluding hydrogens is 438 g/mol. The normalized spacial score (nSPS) is 11.3. The van der Waals surface area contributed by atoms with E-state index in [0.29, 0.717) is 22.8 Å². The predicted molar refractivity (Wildman–Crippen MR) is 137 cm³/mol. The highest BCUT2D eigenvalue weighted by atomic mass is 16.5. The van der Waals surface area contributed by atoms with E-state index in [0.717, 1.165) is 38.9 Å². The van der Waals surface area contributed by atoms with Gasteiger partial charge in [-0.2, -0.15) is 9.61 Å². The van der Waals surface area contributed by atoms with Crippen molar-refractivity contribution in [2.24, 2.45) is 0 Å². The number of rotatable bonds is 4. The van der Waals surface area contributed by atoms with Gasteiger partial charge < -0.3 is 9.72 Å². The van der Waals surface area contributed by atoms with Crippen molar-refractivity contribution < 1.29 is 4.74 Å². The lowest BCUT2D eigenvalue weighted by molar-refractivity contribution is 0.398. The Balaban J connectivity index is 1.63. The van der Waals surface area contributed by atoms with Crippen molar-refractivity contribution in [3.63, 3.8) is 0 Å². The molecule has 4 aromatic heterocycles. The molecule has 170 valence electrons. The summed E-state index contributed by atoms with van der Waals surface area (Å²) in [5.41, 5.74) is 6.73. The summed E-state index contributed by atoms with van der Waals surface area (Å²) in [6.45, 7) is 1.92. The molecule has 0 aliphatic heterocycles. The second kappa shape index (κ2) is 8.22. The van der Waals surface area contributed by atoms with E-state index in [4.69, 9.17) is 9.84 Å². The highest BCUT2D eigenvalue weighted by molar-refractivity contribution is 5.91. The minimum Gasteiger partial charge on any atom is -0.481 e. The number of nitrogens with one attached hydrogen (secondary N) is 1. The van der Waals surface area contributed by atoms with Crippen LogP contribution in [-0.4, -0.2) is 31.7 Å². The van der Waals surface area contributed by atoms with Crippen LogP contribution in [0.1, 0.15) is 5.69 Å². The number of H-pyrrole nitrogens is 1. The first kappa shape index (κ1) is 20.8. The first-order chi connectivity index (χ1) is 17.1. The number of benzene rings is 2. The Hall–Kier alpha value is -4.78. The zero-order chi connectivity index (χ0) is 23.9. The number of aromatic nitrogens is 5. The van der Waals surface area contributed by atoms with E-state index in [2.05, 4.69) is 15.0 Å². The smallest absolute Gasteiger partial charge is 0.282 e. The molecule has 0 aliphatic carbocycles. The van der Waals surface area contributed by atoms with Crippen LogP contribution >= 0.6 is 0 Å². The number of methoxy groups -OCH3 is 1. The molecule has 7 heteroatoms. The first-order valence-electron chi connectivity index (χ1n) is 11.2. The van der Waals surface area contributed by atoms with Crippen LogP contribution in [0.25, 0.3) is 50.1 Å². The molecule has 0 radical (unpaired) electrons. The zero-order valence-corrected chi connectivity index (χ0v) is 19.2. The van der Waals surface area contributed by atoms with Crippen molar-refractivity contribution in [2.75, 3.05) is 7.11 Å². The maximum Gasteiger partial charge on any atom is 0.282 e. The van der Waals surface area contributed by atoms with Gasteiger partial charge >= 0.3 is 0 Å². The summed E-state index contributed by atoms with van der Waals surface area (Å²) in [6.07, 6.45) is 3.47. The molecule has 4 heterocycles. The molecule has 6 rings (SSSR count). The average molecular weight is 460 g/mol. The molecule has 0 amide bonds. The molecular formula is C28H21N5O2. The van der Waals surface area contributed by atoms with Gasteiger partial charge in [-0.15, -0.1) is 0 Å². The predicted octanol–water partition coefficient (Wildman–Crippen LogP) is 5.28. The van der Waals surface area contributed by atoms with Crippen LogP contribution in [0, 0.1) is 6.92 Å². The van der Waals surface area contributed by atoms with Crippen LogP contribution < -0.4 is 10.3 Å². The Morgan fingerprint density at radius 1 is 0.857 bits per heavy atom. The van der Waals surface area contributed by atoms with Gasteiger partial charge in [-0.3, -0.25) is 9.78 Å². The van der Waals surface area contributed by atoms with E-state index in [-0.39, 0.29) is 5.56 Å². The highest BCUT2D eigenvalue weighted by Gasteiger charge is 2.22. The maximum absolute atomic E-state index is 13.8. The summed E-state index contributed by atoms with van der Waals surface area (Å²) in [4.78, 5) is 26.0. The topological polar surface area (TPSA) is 85.2 Å². The molecule has 35 heavy (non-hydrogen) atoms. The molecule has 0 saturated heterocycles. The van der Waals surface area contributed by atoms with E-state index in [1.54, 1.807) is 25.6 Å². The average Bonchev–Trinajstić information content (AvgIpc) is 3.28. The van der Waals surface area contributed by atoms with Crippen molar-refractivity contribution in [1.82, 2.24) is 24.6 Å². The molecule has 0 unspecified atom stereocenters. The van der Waals surface area contributed by atoms with Gasteiger partial charge in [-0.05, 0) is 42.3 Å². The van der Waals surface area contributed by atoms with Crippen LogP contribution in [0.5, 0.6) is 5.88 Å². The summed E-state index contributed by atoms with van der Waals surface area (Å²) in [6, 6.07) is 23.3. The summed E-state index contributed by atoms with van der Waals surface area (Å²) >= 11 is 0. The summed E-state index contributed by atoms with van der Waals surface area (Å²) in [7, 11) is 1.58. The van der Waals surface area contributed by atoms with E-state index in [9.17, 15) is 4.79 Å². The van der Waals surface area contributed by atoms with E-state index < -0.39 is 0 Å². The van der Waals surface area contributed by atoms with E-state index in [1.807, 2.05) is 73.7 Å². The molecule has 2 aromatic carbocycles. The summed E-state index contributed by atoms with van der Waals surface area (Å²) < 4.78 is 6.67. The largest absolute Gasteiger partial charge is 0.481 e. The maximum atomic E-state index is 13.8. The van der Waals surface area contributed by atoms with Crippen LogP contribution in [0.4, 0.5) is 0 Å². The highest BCUT2D eigenvalue weighted by Crippen LogP contribution is 2.35. The van der Waals surface area contributed by atoms with Crippen LogP contribution in [0.2, 0.25) is 0 Å². The fourth-order valence-corrected chi connectivity index (χ4v) is 4.48. The Bertz CT molecular complexity index is 1750. The third-order valence-corrected chi connectivity index (χ3v) is 6.15. The first-order valence-corrected chi connectivity index (χ1v) is 11.2. The number of nitrogens with zero attached hydrogens (tertiary/aromatic N) is 4. The van der Waals surface area contributed by atoms with Crippen LogP contribution in [0.15, 0.2) is 90.0 Å². The number of ether oxygens (including phenoxy) is 1. The number of fused-ring (bicyclic) bond motifs is 2. The Morgan fingerprint density at radius 2 is 1.69 bits per heavy atom. The fraction of sp³-hybridized carbons (Fsp3) is 0.0714. The molecule has 0 atom stereocenters. The minimum absolute atomic E-state index is 0.190. The lowest BCUT2D eigenvalue weighted by atomic mass is 10.0. The van der Waals surface area contributed by atoms with Crippen molar-refractivity contribution in [2.45, 2.75) is 6.92 Å². The Kier molecular flexibility index (Phi) is 4.88. The number of hydrogen-bond donors (Lipinski definition) is 1. The third-order valence-electron chi connectivity index (χ3n) is 6.15. The monoisotopic (exact) mass is 459 g/mol. The molecule has 6 aromatic rings. The molecule has 0 aliphatic rings. The molecule has 7 nitrogen and oxygen atoms in total. The van der Waals surface area contributed by atoms with E-state index >= 15 is 0 Å². The van der Waals surface area contributed by atoms with Gasteiger partial charge in [0.2, 0.25) is 5.88 Å². The molecule has 0 spiro atoms. The van der Waals surface area contributed by atoms with Gasteiger partial charge in [0.25, 0.3) is 5.56 Å². The number of aryl methyl sites for hydroxylation is 1. The summed E-state index contributed by atoms with van der Waals surface area (Å²) in [5.74, 6) is 0.513. The SMILES string of the molecule is COc1ccc(-c2nn3c(=O)c(-c4ccc5ncccc5c4)c(C)[nH]c3c2-c2ccccc2)cn1. The zero-order valence-electron chi connectivity index (χ0n) is 19.2. The number of pyridine rings is 2. The molecule has 1 N–H and O–H groups in total. The minimum atomic E-state index is -0.190. The van der Waals surface area contributed by atoms with Crippen molar-refractivity contribution in [1.29, 1.82) is 0 Å². The van der Waals surface area contributed by atoms with Gasteiger partial charge in [0.15, 0.2) is 0 Å². The third kappa shape index (κ3) is 3.45. The standard InChI is InChI=1S/C28H21N5O2/c1-17-24(20-10-12-22-19(15-20)9-6-14-29-22)28(34)33-27(31-17)25(18-7-4-3-5-8-18)26(32-33)21-11-13-23(35-2)30-16-21/h3-16,31H,1-2H3. The van der Waals surface area contributed by atoms with Crippen molar-refractivity contribution in [3.05, 3.63) is 101 Å². The second-order valence-corrected chi connectivity index (χ2v) is 8.28. The van der Waals surface area contributed by atoms with Crippen LogP contribution in [-0.2, 0) is 0 Å². The Morgan fingerprint density at radius 3 is 2.46 bits per heavy atom. The van der Waals surface area contributed by atoms with Crippen molar-refractivity contribution in [3.8, 4) is 39.4 Å². The summed E-state index contributed by atoms with van der Waals surface area (Å²) in [5, 5.41) is 5.76. The quantitative estimate of drug-likeness (QED) is 0.387. The Labute approximate surface area is 200 Å². The molecule has 0 bridgehead atoms. The second-order valence-electron chi connectivity index (χ2n) is 8.28. The van der Waals surface area contributed by atoms with Gasteiger partial charge in [-0.25, -0.2) is 4.98 Å². The number of hydrogen-bond acceptors (Lipinski definition) is 5. The van der Waals surface area contributed by atoms with Gasteiger partial charge in [-0.1, -0.05) is 42.5 Å². The van der Waals surface area contributed by atoms with Crippen LogP contribution in [0.3, 0.4) is 0 Å². The van der Waals surface area contributed by atoms with Crippen molar-refractivity contribution >= 4 is 16.6 Å². The molecule has 0 fully saturated rings. The fourth-order valence-electron chi connectivity index (χ4n) is 4.48.